The zero-order valence-corrected chi connectivity index (χ0v) is 9.95. The van der Waals surface area contributed by atoms with Crippen LogP contribution in [0.1, 0.15) is 0 Å². The van der Waals surface area contributed by atoms with Gasteiger partial charge < -0.3 is 10.6 Å². The second-order valence-corrected chi connectivity index (χ2v) is 3.94. The zero-order valence-electron chi connectivity index (χ0n) is 9.05. The molecule has 0 radical (unpaired) electrons. The highest BCUT2D eigenvalue weighted by atomic mass is 32.1. The molecule has 2 amide bonds. The molecule has 0 aliphatic carbocycles. The van der Waals surface area contributed by atoms with Crippen molar-refractivity contribution in [2.24, 2.45) is 0 Å². The molecule has 3 nitrogen and oxygen atoms in total. The molecule has 2 rings (SSSR count). The maximum Gasteiger partial charge on any atom is 0.323 e. The van der Waals surface area contributed by atoms with Crippen LogP contribution in [-0.4, -0.2) is 6.03 Å². The summed E-state index contributed by atoms with van der Waals surface area (Å²) in [4.78, 5) is 12.4. The van der Waals surface area contributed by atoms with Crippen LogP contribution >= 0.6 is 12.6 Å². The van der Waals surface area contributed by atoms with E-state index in [0.717, 1.165) is 10.6 Å². The molecule has 0 atom stereocenters. The van der Waals surface area contributed by atoms with E-state index >= 15 is 0 Å². The zero-order chi connectivity index (χ0) is 12.1. The lowest BCUT2D eigenvalue weighted by Gasteiger charge is -2.08. The van der Waals surface area contributed by atoms with Gasteiger partial charge in [-0.05, 0) is 24.3 Å². The van der Waals surface area contributed by atoms with E-state index in [1.165, 1.54) is 0 Å². The Hall–Kier alpha value is -1.94. The minimum absolute atomic E-state index is 0.280. The summed E-state index contributed by atoms with van der Waals surface area (Å²) in [5.74, 6) is 0. The number of thiol groups is 1. The normalized spacial score (nSPS) is 9.71. The number of hydrogen-bond donors (Lipinski definition) is 3. The number of benzene rings is 2. The van der Waals surface area contributed by atoms with Gasteiger partial charge in [-0.3, -0.25) is 0 Å². The van der Waals surface area contributed by atoms with Gasteiger partial charge in [0.05, 0.1) is 5.69 Å². The molecule has 0 saturated carbocycles. The highest BCUT2D eigenvalue weighted by Gasteiger charge is 2.03. The van der Waals surface area contributed by atoms with E-state index in [4.69, 9.17) is 0 Å². The molecule has 0 saturated heterocycles. The SMILES string of the molecule is O=C(Nc1ccccc1)Nc1ccccc1S. The van der Waals surface area contributed by atoms with Crippen molar-refractivity contribution in [3.63, 3.8) is 0 Å². The molecule has 0 heterocycles. The first kappa shape index (κ1) is 11.5. The smallest absolute Gasteiger partial charge is 0.308 e. The summed E-state index contributed by atoms with van der Waals surface area (Å²) in [5.41, 5.74) is 1.44. The van der Waals surface area contributed by atoms with Gasteiger partial charge in [-0.2, -0.15) is 0 Å². The molecule has 2 N–H and O–H groups in total. The molecule has 0 aliphatic rings. The second kappa shape index (κ2) is 5.41. The van der Waals surface area contributed by atoms with Crippen LogP contribution in [0.25, 0.3) is 0 Å². The van der Waals surface area contributed by atoms with Gasteiger partial charge in [-0.25, -0.2) is 4.79 Å². The van der Waals surface area contributed by atoms with E-state index in [2.05, 4.69) is 23.3 Å². The van der Waals surface area contributed by atoms with Gasteiger partial charge in [0.1, 0.15) is 0 Å². The molecule has 2 aromatic carbocycles. The van der Waals surface area contributed by atoms with Gasteiger partial charge in [0.2, 0.25) is 0 Å². The fourth-order valence-electron chi connectivity index (χ4n) is 1.39. The lowest BCUT2D eigenvalue weighted by atomic mass is 10.3. The molecular weight excluding hydrogens is 232 g/mol. The van der Waals surface area contributed by atoms with Crippen LogP contribution in [0.5, 0.6) is 0 Å². The lowest BCUT2D eigenvalue weighted by molar-refractivity contribution is 0.262. The van der Waals surface area contributed by atoms with E-state index < -0.39 is 0 Å². The van der Waals surface area contributed by atoms with Crippen LogP contribution in [0.3, 0.4) is 0 Å². The molecular formula is C13H12N2OS. The van der Waals surface area contributed by atoms with Crippen molar-refractivity contribution in [1.82, 2.24) is 0 Å². The monoisotopic (exact) mass is 244 g/mol. The molecule has 0 unspecified atom stereocenters. The van der Waals surface area contributed by atoms with Gasteiger partial charge in [-0.15, -0.1) is 12.6 Å². The number of nitrogens with one attached hydrogen (secondary N) is 2. The molecule has 0 aromatic heterocycles. The summed E-state index contributed by atoms with van der Waals surface area (Å²) in [6.07, 6.45) is 0. The van der Waals surface area contributed by atoms with Crippen molar-refractivity contribution in [3.8, 4) is 0 Å². The van der Waals surface area contributed by atoms with Crippen LogP contribution < -0.4 is 10.6 Å². The average molecular weight is 244 g/mol. The summed E-state index contributed by atoms with van der Waals surface area (Å²) in [7, 11) is 0. The summed E-state index contributed by atoms with van der Waals surface area (Å²) >= 11 is 4.26. The number of hydrogen-bond acceptors (Lipinski definition) is 2. The Morgan fingerprint density at radius 3 is 2.24 bits per heavy atom. The predicted octanol–water partition coefficient (Wildman–Crippen LogP) is 3.62. The summed E-state index contributed by atoms with van der Waals surface area (Å²) in [6.45, 7) is 0. The number of carbonyl (C=O) groups is 1. The van der Waals surface area contributed by atoms with Gasteiger partial charge in [0, 0.05) is 10.6 Å². The van der Waals surface area contributed by atoms with Gasteiger partial charge in [0.15, 0.2) is 0 Å². The van der Waals surface area contributed by atoms with Crippen molar-refractivity contribution in [1.29, 1.82) is 0 Å². The number of anilines is 2. The molecule has 0 fully saturated rings. The van der Waals surface area contributed by atoms with Crippen molar-refractivity contribution in [2.75, 3.05) is 10.6 Å². The van der Waals surface area contributed by atoms with Crippen LogP contribution in [0.15, 0.2) is 59.5 Å². The Kier molecular flexibility index (Phi) is 3.67. The molecule has 4 heteroatoms. The van der Waals surface area contributed by atoms with Gasteiger partial charge >= 0.3 is 6.03 Å². The molecule has 0 bridgehead atoms. The Bertz CT molecular complexity index is 514. The maximum absolute atomic E-state index is 11.7. The van der Waals surface area contributed by atoms with E-state index in [0.29, 0.717) is 5.69 Å². The number of amides is 2. The Labute approximate surface area is 105 Å². The van der Waals surface area contributed by atoms with Crippen molar-refractivity contribution in [2.45, 2.75) is 4.90 Å². The van der Waals surface area contributed by atoms with Gasteiger partial charge in [0.25, 0.3) is 0 Å². The van der Waals surface area contributed by atoms with E-state index in [9.17, 15) is 4.79 Å². The quantitative estimate of drug-likeness (QED) is 0.694. The van der Waals surface area contributed by atoms with E-state index in [-0.39, 0.29) is 6.03 Å². The average Bonchev–Trinajstić information content (AvgIpc) is 2.33. The van der Waals surface area contributed by atoms with Crippen molar-refractivity contribution in [3.05, 3.63) is 54.6 Å². The molecule has 86 valence electrons. The minimum Gasteiger partial charge on any atom is -0.308 e. The van der Waals surface area contributed by atoms with Crippen molar-refractivity contribution < 1.29 is 4.79 Å². The van der Waals surface area contributed by atoms with E-state index in [1.54, 1.807) is 6.07 Å². The topological polar surface area (TPSA) is 41.1 Å². The molecule has 17 heavy (non-hydrogen) atoms. The third kappa shape index (κ3) is 3.26. The van der Waals surface area contributed by atoms with Crippen LogP contribution in [0.4, 0.5) is 16.2 Å². The summed E-state index contributed by atoms with van der Waals surface area (Å²) in [5, 5.41) is 5.47. The van der Waals surface area contributed by atoms with Crippen LogP contribution in [0, 0.1) is 0 Å². The number of urea groups is 1. The number of carbonyl (C=O) groups excluding carboxylic acids is 1. The van der Waals surface area contributed by atoms with E-state index in [1.807, 2.05) is 48.5 Å². The highest BCUT2D eigenvalue weighted by molar-refractivity contribution is 7.80. The summed E-state index contributed by atoms with van der Waals surface area (Å²) in [6, 6.07) is 16.3. The van der Waals surface area contributed by atoms with Gasteiger partial charge in [-0.1, -0.05) is 30.3 Å². The molecule has 0 spiro atoms. The van der Waals surface area contributed by atoms with Crippen LogP contribution in [-0.2, 0) is 0 Å². The Balaban J connectivity index is 2.01. The third-order valence-electron chi connectivity index (χ3n) is 2.18. The largest absolute Gasteiger partial charge is 0.323 e. The fraction of sp³-hybridized carbons (Fsp3) is 0. The first-order valence-electron chi connectivity index (χ1n) is 5.17. The Morgan fingerprint density at radius 2 is 1.53 bits per heavy atom. The third-order valence-corrected chi connectivity index (χ3v) is 2.57. The number of para-hydroxylation sites is 2. The molecule has 2 aromatic rings. The second-order valence-electron chi connectivity index (χ2n) is 3.46. The number of rotatable bonds is 2. The fourth-order valence-corrected chi connectivity index (χ4v) is 1.60. The first-order valence-corrected chi connectivity index (χ1v) is 5.61. The Morgan fingerprint density at radius 1 is 0.882 bits per heavy atom. The van der Waals surface area contributed by atoms with Crippen LogP contribution in [0.2, 0.25) is 0 Å². The molecule has 0 aliphatic heterocycles. The minimum atomic E-state index is -0.280. The summed E-state index contributed by atoms with van der Waals surface area (Å²) < 4.78 is 0. The maximum atomic E-state index is 11.7. The lowest BCUT2D eigenvalue weighted by Crippen LogP contribution is -2.19. The highest BCUT2D eigenvalue weighted by Crippen LogP contribution is 2.18. The standard InChI is InChI=1S/C13H12N2OS/c16-13(14-10-6-2-1-3-7-10)15-11-8-4-5-9-12(11)17/h1-9,17H,(H2,14,15,16). The van der Waals surface area contributed by atoms with Crippen molar-refractivity contribution >= 4 is 30.0 Å². The predicted molar refractivity (Wildman–Crippen MR) is 72.8 cm³/mol. The first-order chi connectivity index (χ1) is 8.25.